The average Bonchev–Trinajstić information content (AvgIpc) is 2.36. The summed E-state index contributed by atoms with van der Waals surface area (Å²) >= 11 is 3.08. The summed E-state index contributed by atoms with van der Waals surface area (Å²) in [5, 5.41) is 0. The molecule has 1 aromatic heterocycles. The second kappa shape index (κ2) is 7.43. The SMILES string of the molecule is CCCCCCCC(=O)n1c(C)c(Br)c(=O)[nH]c1=O. The normalized spacial score (nSPS) is 10.7. The van der Waals surface area contributed by atoms with Gasteiger partial charge in [-0.1, -0.05) is 32.6 Å². The van der Waals surface area contributed by atoms with Crippen molar-refractivity contribution in [3.63, 3.8) is 0 Å². The van der Waals surface area contributed by atoms with Crippen LogP contribution in [0.5, 0.6) is 0 Å². The highest BCUT2D eigenvalue weighted by molar-refractivity contribution is 9.10. The highest BCUT2D eigenvalue weighted by Gasteiger charge is 2.14. The lowest BCUT2D eigenvalue weighted by Gasteiger charge is -2.08. The first kappa shape index (κ1) is 15.9. The number of hydrogen-bond donors (Lipinski definition) is 1. The van der Waals surface area contributed by atoms with E-state index in [0.717, 1.165) is 36.7 Å². The molecule has 6 heteroatoms. The van der Waals surface area contributed by atoms with Crippen molar-refractivity contribution in [3.8, 4) is 0 Å². The maximum atomic E-state index is 12.0. The van der Waals surface area contributed by atoms with Gasteiger partial charge in [0.2, 0.25) is 5.91 Å². The lowest BCUT2D eigenvalue weighted by molar-refractivity contribution is 0.0890. The molecule has 0 aliphatic rings. The molecule has 0 atom stereocenters. The van der Waals surface area contributed by atoms with Crippen molar-refractivity contribution in [3.05, 3.63) is 31.0 Å². The predicted molar refractivity (Wildman–Crippen MR) is 77.8 cm³/mol. The second-order valence-corrected chi connectivity index (χ2v) is 5.35. The molecule has 1 aromatic rings. The van der Waals surface area contributed by atoms with Gasteiger partial charge in [-0.15, -0.1) is 0 Å². The number of unbranched alkanes of at least 4 members (excludes halogenated alkanes) is 4. The standard InChI is InChI=1S/C13H19BrN2O3/c1-3-4-5-6-7-8-10(17)16-9(2)11(14)12(18)15-13(16)19/h3-8H2,1-2H3,(H,15,18,19). The van der Waals surface area contributed by atoms with Gasteiger partial charge in [0.1, 0.15) is 4.47 Å². The van der Waals surface area contributed by atoms with E-state index in [-0.39, 0.29) is 10.4 Å². The molecular weight excluding hydrogens is 312 g/mol. The summed E-state index contributed by atoms with van der Waals surface area (Å²) in [4.78, 5) is 37.1. The number of aromatic nitrogens is 2. The van der Waals surface area contributed by atoms with E-state index in [2.05, 4.69) is 27.8 Å². The Morgan fingerprint density at radius 2 is 1.84 bits per heavy atom. The molecular formula is C13H19BrN2O3. The van der Waals surface area contributed by atoms with Gasteiger partial charge in [-0.25, -0.2) is 9.36 Å². The van der Waals surface area contributed by atoms with Crippen LogP contribution in [0, 0.1) is 6.92 Å². The van der Waals surface area contributed by atoms with Crippen LogP contribution in [0.4, 0.5) is 0 Å². The number of rotatable bonds is 6. The molecule has 1 N–H and O–H groups in total. The molecule has 1 rings (SSSR count). The Hall–Kier alpha value is -1.17. The summed E-state index contributed by atoms with van der Waals surface area (Å²) in [6, 6.07) is 0. The minimum absolute atomic E-state index is 0.228. The van der Waals surface area contributed by atoms with Gasteiger partial charge in [-0.3, -0.25) is 14.6 Å². The Kier molecular flexibility index (Phi) is 6.21. The van der Waals surface area contributed by atoms with Crippen LogP contribution in [-0.4, -0.2) is 15.5 Å². The van der Waals surface area contributed by atoms with Crippen LogP contribution in [0.3, 0.4) is 0 Å². The van der Waals surface area contributed by atoms with Gasteiger partial charge in [0.05, 0.1) is 0 Å². The Bertz CT molecular complexity index is 560. The van der Waals surface area contributed by atoms with Crippen molar-refractivity contribution in [2.24, 2.45) is 0 Å². The predicted octanol–water partition coefficient (Wildman–Crippen LogP) is 2.61. The fourth-order valence-electron chi connectivity index (χ4n) is 1.91. The van der Waals surface area contributed by atoms with Crippen molar-refractivity contribution in [1.29, 1.82) is 0 Å². The van der Waals surface area contributed by atoms with Crippen molar-refractivity contribution in [2.45, 2.75) is 52.4 Å². The molecule has 0 spiro atoms. The molecule has 5 nitrogen and oxygen atoms in total. The molecule has 0 radical (unpaired) electrons. The van der Waals surface area contributed by atoms with Gasteiger partial charge in [-0.05, 0) is 29.3 Å². The maximum absolute atomic E-state index is 12.0. The first-order valence-corrected chi connectivity index (χ1v) is 7.33. The molecule has 0 saturated carbocycles. The summed E-state index contributed by atoms with van der Waals surface area (Å²) in [7, 11) is 0. The first-order valence-electron chi connectivity index (χ1n) is 6.53. The fraction of sp³-hybridized carbons (Fsp3) is 0.615. The van der Waals surface area contributed by atoms with Crippen LogP contribution >= 0.6 is 15.9 Å². The van der Waals surface area contributed by atoms with Crippen LogP contribution in [0.1, 0.15) is 55.9 Å². The van der Waals surface area contributed by atoms with Crippen molar-refractivity contribution in [1.82, 2.24) is 9.55 Å². The topological polar surface area (TPSA) is 71.9 Å². The summed E-state index contributed by atoms with van der Waals surface area (Å²) in [5.74, 6) is -0.268. The van der Waals surface area contributed by atoms with Gasteiger partial charge in [0.25, 0.3) is 5.56 Å². The number of hydrogen-bond acceptors (Lipinski definition) is 3. The van der Waals surface area contributed by atoms with Gasteiger partial charge < -0.3 is 0 Å². The average molecular weight is 331 g/mol. The largest absolute Gasteiger partial charge is 0.335 e. The number of aromatic amines is 1. The molecule has 0 aliphatic carbocycles. The van der Waals surface area contributed by atoms with Crippen LogP contribution < -0.4 is 11.2 Å². The zero-order chi connectivity index (χ0) is 14.4. The van der Waals surface area contributed by atoms with Crippen molar-refractivity contribution < 1.29 is 4.79 Å². The van der Waals surface area contributed by atoms with Gasteiger partial charge >= 0.3 is 5.69 Å². The number of nitrogens with zero attached hydrogens (tertiary/aromatic N) is 1. The maximum Gasteiger partial charge on any atom is 0.335 e. The number of halogens is 1. The minimum Gasteiger partial charge on any atom is -0.274 e. The van der Waals surface area contributed by atoms with E-state index >= 15 is 0 Å². The quantitative estimate of drug-likeness (QED) is 0.815. The number of carbonyl (C=O) groups is 1. The van der Waals surface area contributed by atoms with E-state index in [4.69, 9.17) is 0 Å². The van der Waals surface area contributed by atoms with E-state index in [1.165, 1.54) is 0 Å². The zero-order valence-electron chi connectivity index (χ0n) is 11.3. The third-order valence-corrected chi connectivity index (χ3v) is 3.95. The highest BCUT2D eigenvalue weighted by Crippen LogP contribution is 2.10. The minimum atomic E-state index is -0.663. The van der Waals surface area contributed by atoms with Gasteiger partial charge in [-0.2, -0.15) is 0 Å². The van der Waals surface area contributed by atoms with E-state index in [9.17, 15) is 14.4 Å². The first-order chi connectivity index (χ1) is 8.99. The summed E-state index contributed by atoms with van der Waals surface area (Å²) in [5.41, 5.74) is -0.814. The monoisotopic (exact) mass is 330 g/mol. The number of nitrogens with one attached hydrogen (secondary N) is 1. The number of H-pyrrole nitrogens is 1. The van der Waals surface area contributed by atoms with Crippen molar-refractivity contribution in [2.75, 3.05) is 0 Å². The van der Waals surface area contributed by atoms with E-state index < -0.39 is 11.2 Å². The molecule has 0 aliphatic heterocycles. The molecule has 0 unspecified atom stereocenters. The van der Waals surface area contributed by atoms with Crippen LogP contribution in [0.2, 0.25) is 0 Å². The lowest BCUT2D eigenvalue weighted by atomic mass is 10.1. The van der Waals surface area contributed by atoms with E-state index in [1.54, 1.807) is 6.92 Å². The van der Waals surface area contributed by atoms with Crippen LogP contribution in [-0.2, 0) is 0 Å². The third-order valence-electron chi connectivity index (χ3n) is 3.02. The Balaban J connectivity index is 2.76. The second-order valence-electron chi connectivity index (χ2n) is 4.55. The summed E-state index contributed by atoms with van der Waals surface area (Å²) in [6.07, 6.45) is 5.49. The summed E-state index contributed by atoms with van der Waals surface area (Å²) in [6.45, 7) is 3.71. The molecule has 19 heavy (non-hydrogen) atoms. The molecule has 0 saturated heterocycles. The highest BCUT2D eigenvalue weighted by atomic mass is 79.9. The fourth-order valence-corrected chi connectivity index (χ4v) is 2.19. The summed E-state index contributed by atoms with van der Waals surface area (Å²) < 4.78 is 1.26. The molecule has 0 fully saturated rings. The van der Waals surface area contributed by atoms with Crippen LogP contribution in [0.15, 0.2) is 14.1 Å². The van der Waals surface area contributed by atoms with E-state index in [1.807, 2.05) is 0 Å². The molecule has 106 valence electrons. The molecule has 1 heterocycles. The van der Waals surface area contributed by atoms with Gasteiger partial charge in [0.15, 0.2) is 0 Å². The number of carbonyl (C=O) groups excluding carboxylic acids is 1. The lowest BCUT2D eigenvalue weighted by Crippen LogP contribution is -2.36. The molecule has 0 bridgehead atoms. The third kappa shape index (κ3) is 4.16. The Labute approximate surface area is 120 Å². The molecule has 0 aromatic carbocycles. The van der Waals surface area contributed by atoms with Crippen molar-refractivity contribution >= 4 is 21.8 Å². The smallest absolute Gasteiger partial charge is 0.274 e. The van der Waals surface area contributed by atoms with E-state index in [0.29, 0.717) is 12.1 Å². The van der Waals surface area contributed by atoms with Crippen LogP contribution in [0.25, 0.3) is 0 Å². The Morgan fingerprint density at radius 3 is 2.47 bits per heavy atom. The Morgan fingerprint density at radius 1 is 1.21 bits per heavy atom. The van der Waals surface area contributed by atoms with Gasteiger partial charge in [0, 0.05) is 12.1 Å². The zero-order valence-corrected chi connectivity index (χ0v) is 12.9. The molecule has 0 amide bonds.